The van der Waals surface area contributed by atoms with Crippen LogP contribution in [0.2, 0.25) is 0 Å². The fourth-order valence-electron chi connectivity index (χ4n) is 1.34. The number of nitrogens with two attached hydrogens (primary N) is 1. The van der Waals surface area contributed by atoms with Crippen LogP contribution in [0.4, 0.5) is 5.82 Å². The molecule has 3 N–H and O–H groups in total. The van der Waals surface area contributed by atoms with E-state index in [0.29, 0.717) is 11.4 Å². The number of carbonyl (C=O) groups is 1. The van der Waals surface area contributed by atoms with Crippen molar-refractivity contribution in [3.8, 4) is 0 Å². The van der Waals surface area contributed by atoms with Crippen molar-refractivity contribution in [1.29, 1.82) is 0 Å². The number of pyridine rings is 1. The molecule has 0 saturated carbocycles. The quantitative estimate of drug-likeness (QED) is 0.794. The number of nitrogens with one attached hydrogen (secondary N) is 1. The summed E-state index contributed by atoms with van der Waals surface area (Å²) in [7, 11) is 1.77. The molecule has 92 valence electrons. The zero-order chi connectivity index (χ0) is 13.1. The molecule has 2 aromatic heterocycles. The third-order valence-corrected chi connectivity index (χ3v) is 2.47. The standard InChI is InChI=1S/C11H11N5OS/c1-16-5-4-9(15-16)14-11(17)8-3-2-7(6-13-8)10(12)18/h2-6H,1H3,(H2,12,18)(H,14,15,17). The molecule has 1 amide bonds. The van der Waals surface area contributed by atoms with Crippen LogP contribution >= 0.6 is 12.2 Å². The van der Waals surface area contributed by atoms with Gasteiger partial charge in [-0.3, -0.25) is 14.5 Å². The number of aryl methyl sites for hydroxylation is 1. The third kappa shape index (κ3) is 2.69. The molecule has 0 bridgehead atoms. The van der Waals surface area contributed by atoms with Gasteiger partial charge in [-0.1, -0.05) is 12.2 Å². The summed E-state index contributed by atoms with van der Waals surface area (Å²) in [5.41, 5.74) is 6.35. The Balaban J connectivity index is 2.11. The average molecular weight is 261 g/mol. The second-order valence-electron chi connectivity index (χ2n) is 3.63. The first-order chi connectivity index (χ1) is 8.56. The molecule has 18 heavy (non-hydrogen) atoms. The molecule has 2 heterocycles. The number of nitrogens with zero attached hydrogens (tertiary/aromatic N) is 3. The molecule has 0 unspecified atom stereocenters. The molecule has 7 heteroatoms. The normalized spacial score (nSPS) is 10.1. The highest BCUT2D eigenvalue weighted by Gasteiger charge is 2.09. The highest BCUT2D eigenvalue weighted by molar-refractivity contribution is 7.80. The third-order valence-electron chi connectivity index (χ3n) is 2.24. The van der Waals surface area contributed by atoms with Gasteiger partial charge in [0.25, 0.3) is 5.91 Å². The lowest BCUT2D eigenvalue weighted by atomic mass is 10.2. The second-order valence-corrected chi connectivity index (χ2v) is 4.06. The molecular weight excluding hydrogens is 250 g/mol. The number of anilines is 1. The van der Waals surface area contributed by atoms with E-state index in [0.717, 1.165) is 0 Å². The number of hydrogen-bond acceptors (Lipinski definition) is 4. The van der Waals surface area contributed by atoms with E-state index in [4.69, 9.17) is 18.0 Å². The van der Waals surface area contributed by atoms with Crippen LogP contribution in [-0.4, -0.2) is 25.7 Å². The number of carbonyl (C=O) groups excluding carboxylic acids is 1. The lowest BCUT2D eigenvalue weighted by Crippen LogP contribution is -2.15. The minimum atomic E-state index is -0.330. The second kappa shape index (κ2) is 4.92. The molecular formula is C11H11N5OS. The van der Waals surface area contributed by atoms with E-state index in [2.05, 4.69) is 15.4 Å². The Kier molecular flexibility index (Phi) is 3.33. The van der Waals surface area contributed by atoms with Gasteiger partial charge in [-0.25, -0.2) is 0 Å². The van der Waals surface area contributed by atoms with E-state index in [1.54, 1.807) is 36.1 Å². The van der Waals surface area contributed by atoms with Gasteiger partial charge in [0.15, 0.2) is 5.82 Å². The van der Waals surface area contributed by atoms with Crippen molar-refractivity contribution >= 4 is 28.9 Å². The maximum absolute atomic E-state index is 11.8. The zero-order valence-electron chi connectivity index (χ0n) is 9.62. The SMILES string of the molecule is Cn1ccc(NC(=O)c2ccc(C(N)=S)cn2)n1. The first-order valence-corrected chi connectivity index (χ1v) is 5.54. The molecule has 0 spiro atoms. The zero-order valence-corrected chi connectivity index (χ0v) is 10.4. The van der Waals surface area contributed by atoms with Gasteiger partial charge < -0.3 is 11.1 Å². The summed E-state index contributed by atoms with van der Waals surface area (Å²) in [6.07, 6.45) is 3.20. The van der Waals surface area contributed by atoms with Crippen molar-refractivity contribution in [2.75, 3.05) is 5.32 Å². The summed E-state index contributed by atoms with van der Waals surface area (Å²) < 4.78 is 1.60. The Labute approximate surface area is 109 Å². The number of hydrogen-bond donors (Lipinski definition) is 2. The number of aromatic nitrogens is 3. The highest BCUT2D eigenvalue weighted by Crippen LogP contribution is 2.05. The van der Waals surface area contributed by atoms with E-state index < -0.39 is 0 Å². The van der Waals surface area contributed by atoms with Gasteiger partial charge in [0.05, 0.1) is 0 Å². The smallest absolute Gasteiger partial charge is 0.275 e. The Hall–Kier alpha value is -2.28. The van der Waals surface area contributed by atoms with Gasteiger partial charge in [0, 0.05) is 31.1 Å². The highest BCUT2D eigenvalue weighted by atomic mass is 32.1. The summed E-state index contributed by atoms with van der Waals surface area (Å²) >= 11 is 4.80. The van der Waals surface area contributed by atoms with Crippen LogP contribution in [0, 0.1) is 0 Å². The topological polar surface area (TPSA) is 85.8 Å². The monoisotopic (exact) mass is 261 g/mol. The van der Waals surface area contributed by atoms with Crippen molar-refractivity contribution in [3.05, 3.63) is 41.9 Å². The largest absolute Gasteiger partial charge is 0.389 e. The minimum Gasteiger partial charge on any atom is -0.389 e. The van der Waals surface area contributed by atoms with Gasteiger partial charge in [-0.05, 0) is 12.1 Å². The van der Waals surface area contributed by atoms with Crippen LogP contribution in [0.25, 0.3) is 0 Å². The predicted molar refractivity (Wildman–Crippen MR) is 71.3 cm³/mol. The molecule has 0 saturated heterocycles. The van der Waals surface area contributed by atoms with Gasteiger partial charge in [0.2, 0.25) is 0 Å². The van der Waals surface area contributed by atoms with E-state index in [1.165, 1.54) is 6.20 Å². The molecule has 2 aromatic rings. The maximum Gasteiger partial charge on any atom is 0.275 e. The van der Waals surface area contributed by atoms with Crippen molar-refractivity contribution in [2.24, 2.45) is 12.8 Å². The molecule has 0 aliphatic carbocycles. The fourth-order valence-corrected chi connectivity index (χ4v) is 1.46. The molecule has 0 atom stereocenters. The lowest BCUT2D eigenvalue weighted by Gasteiger charge is -2.02. The molecule has 0 aliphatic heterocycles. The molecule has 0 fully saturated rings. The number of thiocarbonyl (C=S) groups is 1. The molecule has 0 aliphatic rings. The van der Waals surface area contributed by atoms with Crippen LogP contribution in [0.1, 0.15) is 16.1 Å². The van der Waals surface area contributed by atoms with Gasteiger partial charge in [-0.15, -0.1) is 0 Å². The van der Waals surface area contributed by atoms with E-state index in [1.807, 2.05) is 0 Å². The van der Waals surface area contributed by atoms with Crippen molar-refractivity contribution < 1.29 is 4.79 Å². The first-order valence-electron chi connectivity index (χ1n) is 5.13. The van der Waals surface area contributed by atoms with Crippen molar-refractivity contribution in [1.82, 2.24) is 14.8 Å². The van der Waals surface area contributed by atoms with Crippen LogP contribution in [0.3, 0.4) is 0 Å². The number of rotatable bonds is 3. The summed E-state index contributed by atoms with van der Waals surface area (Å²) in [6, 6.07) is 4.91. The average Bonchev–Trinajstić information content (AvgIpc) is 2.75. The van der Waals surface area contributed by atoms with E-state index in [-0.39, 0.29) is 16.6 Å². The predicted octanol–water partition coefficient (Wildman–Crippen LogP) is 0.702. The summed E-state index contributed by atoms with van der Waals surface area (Å²) in [4.78, 5) is 16.1. The maximum atomic E-state index is 11.8. The van der Waals surface area contributed by atoms with Gasteiger partial charge in [-0.2, -0.15) is 5.10 Å². The Morgan fingerprint density at radius 2 is 2.22 bits per heavy atom. The Bertz CT molecular complexity index is 590. The lowest BCUT2D eigenvalue weighted by molar-refractivity contribution is 0.102. The van der Waals surface area contributed by atoms with Crippen LogP contribution in [0.5, 0.6) is 0 Å². The fraction of sp³-hybridized carbons (Fsp3) is 0.0909. The molecule has 2 rings (SSSR count). The molecule has 0 radical (unpaired) electrons. The van der Waals surface area contributed by atoms with Crippen LogP contribution < -0.4 is 11.1 Å². The van der Waals surface area contributed by atoms with Crippen LogP contribution in [0.15, 0.2) is 30.6 Å². The van der Waals surface area contributed by atoms with E-state index >= 15 is 0 Å². The number of amides is 1. The Morgan fingerprint density at radius 3 is 2.72 bits per heavy atom. The molecule has 0 aromatic carbocycles. The Morgan fingerprint density at radius 1 is 1.44 bits per heavy atom. The summed E-state index contributed by atoms with van der Waals surface area (Å²) in [5, 5.41) is 6.67. The van der Waals surface area contributed by atoms with Crippen LogP contribution in [-0.2, 0) is 7.05 Å². The first kappa shape index (κ1) is 12.2. The van der Waals surface area contributed by atoms with Gasteiger partial charge in [0.1, 0.15) is 10.7 Å². The molecule has 6 nitrogen and oxygen atoms in total. The summed E-state index contributed by atoms with van der Waals surface area (Å²) in [6.45, 7) is 0. The van der Waals surface area contributed by atoms with E-state index in [9.17, 15) is 4.79 Å². The van der Waals surface area contributed by atoms with Crippen molar-refractivity contribution in [2.45, 2.75) is 0 Å². The van der Waals surface area contributed by atoms with Gasteiger partial charge >= 0.3 is 0 Å². The van der Waals surface area contributed by atoms with Crippen molar-refractivity contribution in [3.63, 3.8) is 0 Å². The minimum absolute atomic E-state index is 0.249. The summed E-state index contributed by atoms with van der Waals surface area (Å²) in [5.74, 6) is 0.144.